The first-order chi connectivity index (χ1) is 3.41. The average molecular weight is 164 g/mol. The van der Waals surface area contributed by atoms with Crippen molar-refractivity contribution < 1.29 is 0 Å². The Labute approximate surface area is 54.5 Å². The summed E-state index contributed by atoms with van der Waals surface area (Å²) in [5, 5.41) is 1.27. The van der Waals surface area contributed by atoms with Crippen LogP contribution in [0, 0.1) is 6.92 Å². The number of hydrogen-bond acceptors (Lipinski definition) is 0. The van der Waals surface area contributed by atoms with Crippen molar-refractivity contribution in [2.45, 2.75) is 31.0 Å². The van der Waals surface area contributed by atoms with Crippen molar-refractivity contribution in [3.05, 3.63) is 6.92 Å². The van der Waals surface area contributed by atoms with E-state index in [1.165, 1.54) is 24.6 Å². The van der Waals surface area contributed by atoms with Crippen LogP contribution >= 0.6 is 0 Å². The van der Waals surface area contributed by atoms with Crippen molar-refractivity contribution in [3.63, 3.8) is 0 Å². The first-order valence-electron chi connectivity index (χ1n) is 2.82. The molecule has 43 valence electrons. The quantitative estimate of drug-likeness (QED) is 0.438. The molecule has 0 bridgehead atoms. The maximum atomic E-state index is 3.75. The Morgan fingerprint density at radius 3 is 2.29 bits per heavy atom. The van der Waals surface area contributed by atoms with Gasteiger partial charge in [-0.3, -0.25) is 0 Å². The number of hydrogen-bond donors (Lipinski definition) is 0. The van der Waals surface area contributed by atoms with Crippen molar-refractivity contribution in [2.24, 2.45) is 0 Å². The predicted molar refractivity (Wildman–Crippen MR) is 35.8 cm³/mol. The SMILES string of the molecule is [CH2]CCCCC[SeH]. The molecule has 0 fully saturated rings. The molecule has 0 aliphatic heterocycles. The normalized spacial score (nSPS) is 9.43. The molecule has 0 atom stereocenters. The minimum absolute atomic E-state index is 1.10. The Morgan fingerprint density at radius 2 is 1.86 bits per heavy atom. The van der Waals surface area contributed by atoms with Gasteiger partial charge >= 0.3 is 53.9 Å². The fourth-order valence-corrected chi connectivity index (χ4v) is 0.935. The summed E-state index contributed by atoms with van der Waals surface area (Å²) < 4.78 is 0. The van der Waals surface area contributed by atoms with Crippen LogP contribution in [0.4, 0.5) is 0 Å². The molecule has 0 N–H and O–H groups in total. The van der Waals surface area contributed by atoms with Gasteiger partial charge in [0.15, 0.2) is 0 Å². The van der Waals surface area contributed by atoms with Crippen LogP contribution in [-0.4, -0.2) is 16.0 Å². The molecule has 0 aromatic rings. The fraction of sp³-hybridized carbons (Fsp3) is 0.833. The van der Waals surface area contributed by atoms with Gasteiger partial charge in [0, 0.05) is 0 Å². The summed E-state index contributed by atoms with van der Waals surface area (Å²) in [5.74, 6) is 0. The minimum atomic E-state index is 1.10. The summed E-state index contributed by atoms with van der Waals surface area (Å²) in [6, 6.07) is 0. The maximum absolute atomic E-state index is 3.75. The summed E-state index contributed by atoms with van der Waals surface area (Å²) in [6.07, 6.45) is 5.12. The molecule has 0 saturated carbocycles. The molecule has 0 saturated heterocycles. The van der Waals surface area contributed by atoms with E-state index in [-0.39, 0.29) is 0 Å². The summed E-state index contributed by atoms with van der Waals surface area (Å²) in [4.78, 5) is 0. The van der Waals surface area contributed by atoms with Gasteiger partial charge in [0.05, 0.1) is 0 Å². The van der Waals surface area contributed by atoms with Gasteiger partial charge < -0.3 is 0 Å². The van der Waals surface area contributed by atoms with Gasteiger partial charge in [-0.05, 0) is 0 Å². The standard InChI is InChI=1S/C6H13Se/c1-2-3-4-5-6-7/h7H,1-6H2. The molecular weight excluding hydrogens is 151 g/mol. The molecule has 0 aromatic carbocycles. The van der Waals surface area contributed by atoms with E-state index in [1.54, 1.807) is 0 Å². The van der Waals surface area contributed by atoms with Crippen LogP contribution < -0.4 is 0 Å². The zero-order chi connectivity index (χ0) is 5.54. The van der Waals surface area contributed by atoms with Crippen molar-refractivity contribution in [2.75, 3.05) is 0 Å². The molecule has 1 heteroatoms. The Kier molecular flexibility index (Phi) is 7.00. The molecule has 7 heavy (non-hydrogen) atoms. The van der Waals surface area contributed by atoms with E-state index in [2.05, 4.69) is 22.9 Å². The molecule has 0 rings (SSSR count). The van der Waals surface area contributed by atoms with Crippen LogP contribution in [0.15, 0.2) is 0 Å². The first kappa shape index (κ1) is 7.52. The van der Waals surface area contributed by atoms with Crippen molar-refractivity contribution in [3.8, 4) is 0 Å². The van der Waals surface area contributed by atoms with Crippen molar-refractivity contribution >= 4 is 16.0 Å². The van der Waals surface area contributed by atoms with E-state index >= 15 is 0 Å². The third-order valence-corrected chi connectivity index (χ3v) is 1.57. The molecule has 0 spiro atoms. The molecule has 0 unspecified atom stereocenters. The van der Waals surface area contributed by atoms with Crippen molar-refractivity contribution in [1.82, 2.24) is 0 Å². The van der Waals surface area contributed by atoms with Gasteiger partial charge in [0.2, 0.25) is 0 Å². The Hall–Kier alpha value is 0.519. The monoisotopic (exact) mass is 165 g/mol. The van der Waals surface area contributed by atoms with Crippen LogP contribution in [0.3, 0.4) is 0 Å². The Bertz CT molecular complexity index is 23.4. The molecular formula is C6H13Se. The van der Waals surface area contributed by atoms with Gasteiger partial charge in [0.25, 0.3) is 0 Å². The van der Waals surface area contributed by atoms with Crippen LogP contribution in [0.25, 0.3) is 0 Å². The van der Waals surface area contributed by atoms with Gasteiger partial charge in [-0.15, -0.1) is 0 Å². The van der Waals surface area contributed by atoms with Crippen molar-refractivity contribution in [1.29, 1.82) is 0 Å². The zero-order valence-electron chi connectivity index (χ0n) is 4.69. The average Bonchev–Trinajstić information content (AvgIpc) is 1.69. The summed E-state index contributed by atoms with van der Waals surface area (Å²) in [6.45, 7) is 3.75. The molecule has 0 aliphatic carbocycles. The fourth-order valence-electron chi connectivity index (χ4n) is 0.465. The second-order valence-electron chi connectivity index (χ2n) is 1.64. The predicted octanol–water partition coefficient (Wildman–Crippen LogP) is 1.70. The van der Waals surface area contributed by atoms with Crippen LogP contribution in [0.2, 0.25) is 5.32 Å². The second kappa shape index (κ2) is 6.52. The molecule has 0 heterocycles. The van der Waals surface area contributed by atoms with E-state index < -0.39 is 0 Å². The molecule has 1 radical (unpaired) electrons. The second-order valence-corrected chi connectivity index (χ2v) is 2.58. The number of rotatable bonds is 4. The van der Waals surface area contributed by atoms with Crippen LogP contribution in [0.1, 0.15) is 25.7 Å². The third kappa shape index (κ3) is 6.52. The van der Waals surface area contributed by atoms with Gasteiger partial charge in [-0.2, -0.15) is 0 Å². The van der Waals surface area contributed by atoms with Crippen LogP contribution in [0.5, 0.6) is 0 Å². The van der Waals surface area contributed by atoms with E-state index in [0.717, 1.165) is 6.42 Å². The first-order valence-corrected chi connectivity index (χ1v) is 4.14. The Balaban J connectivity index is 2.45. The summed E-state index contributed by atoms with van der Waals surface area (Å²) in [7, 11) is 0. The zero-order valence-corrected chi connectivity index (χ0v) is 6.57. The van der Waals surface area contributed by atoms with E-state index in [4.69, 9.17) is 0 Å². The topological polar surface area (TPSA) is 0 Å². The third-order valence-electron chi connectivity index (χ3n) is 0.908. The summed E-state index contributed by atoms with van der Waals surface area (Å²) in [5.41, 5.74) is 0. The van der Waals surface area contributed by atoms with E-state index in [0.29, 0.717) is 0 Å². The van der Waals surface area contributed by atoms with Crippen LogP contribution in [-0.2, 0) is 0 Å². The van der Waals surface area contributed by atoms with Gasteiger partial charge in [0.1, 0.15) is 0 Å². The number of unbranched alkanes of at least 4 members (excludes halogenated alkanes) is 3. The Morgan fingerprint density at radius 1 is 1.14 bits per heavy atom. The van der Waals surface area contributed by atoms with Gasteiger partial charge in [-0.25, -0.2) is 0 Å². The molecule has 0 nitrogen and oxygen atoms in total. The molecule has 0 aliphatic rings. The van der Waals surface area contributed by atoms with E-state index in [9.17, 15) is 0 Å². The van der Waals surface area contributed by atoms with E-state index in [1.807, 2.05) is 0 Å². The molecule has 0 amide bonds. The summed E-state index contributed by atoms with van der Waals surface area (Å²) >= 11 is 2.60. The van der Waals surface area contributed by atoms with Gasteiger partial charge in [-0.1, -0.05) is 0 Å². The molecule has 0 aromatic heterocycles.